The summed E-state index contributed by atoms with van der Waals surface area (Å²) in [6, 6.07) is 5.85. The number of ether oxygens (including phenoxy) is 1. The molecule has 1 rings (SSSR count). The van der Waals surface area contributed by atoms with E-state index in [4.69, 9.17) is 9.94 Å². The van der Waals surface area contributed by atoms with E-state index >= 15 is 0 Å². The second kappa shape index (κ2) is 6.88. The number of alkyl carbamates (subject to hydrolysis) is 1. The van der Waals surface area contributed by atoms with Crippen LogP contribution in [0.5, 0.6) is 0 Å². The lowest BCUT2D eigenvalue weighted by molar-refractivity contribution is 0.0495. The minimum atomic E-state index is -0.773. The second-order valence-electron chi connectivity index (χ2n) is 5.26. The van der Waals surface area contributed by atoms with E-state index in [0.717, 1.165) is 0 Å². The summed E-state index contributed by atoms with van der Waals surface area (Å²) in [4.78, 5) is 11.6. The zero-order valence-electron chi connectivity index (χ0n) is 11.8. The molecule has 0 saturated carbocycles. The van der Waals surface area contributed by atoms with Gasteiger partial charge in [0.05, 0.1) is 12.3 Å². The van der Waals surface area contributed by atoms with Gasteiger partial charge in [-0.2, -0.15) is 0 Å². The first-order chi connectivity index (χ1) is 9.35. The summed E-state index contributed by atoms with van der Waals surface area (Å²) < 4.78 is 18.1. The fraction of sp³-hybridized carbons (Fsp3) is 0.429. The third-order valence-corrected chi connectivity index (χ3v) is 2.39. The Kier molecular flexibility index (Phi) is 5.49. The van der Waals surface area contributed by atoms with Gasteiger partial charge in [0.1, 0.15) is 12.3 Å². The quantitative estimate of drug-likeness (QED) is 0.506. The molecule has 5 nitrogen and oxygen atoms in total. The summed E-state index contributed by atoms with van der Waals surface area (Å²) in [6.07, 6.45) is 0.594. The minimum absolute atomic E-state index is 0.605. The van der Waals surface area contributed by atoms with E-state index in [0.29, 0.717) is 11.1 Å². The van der Waals surface area contributed by atoms with Gasteiger partial charge in [0.15, 0.2) is 0 Å². The molecule has 0 heterocycles. The number of benzene rings is 1. The first kappa shape index (κ1) is 15.9. The van der Waals surface area contributed by atoms with E-state index < -0.39 is 24.4 Å². The summed E-state index contributed by atoms with van der Waals surface area (Å²) in [5.74, 6) is 0. The van der Waals surface area contributed by atoms with E-state index in [1.54, 1.807) is 45.0 Å². The molecule has 0 aliphatic carbocycles. The van der Waals surface area contributed by atoms with Crippen LogP contribution < -0.4 is 5.32 Å². The highest BCUT2D eigenvalue weighted by Gasteiger charge is 2.20. The lowest BCUT2D eigenvalue weighted by Gasteiger charge is -2.22. The summed E-state index contributed by atoms with van der Waals surface area (Å²) in [7, 11) is 0. The first-order valence-electron chi connectivity index (χ1n) is 6.18. The zero-order chi connectivity index (χ0) is 15.2. The number of hydrogen-bond donors (Lipinski definition) is 2. The normalized spacial score (nSPS) is 13.2. The molecule has 2 N–H and O–H groups in total. The highest BCUT2D eigenvalue weighted by Crippen LogP contribution is 2.16. The van der Waals surface area contributed by atoms with Crippen LogP contribution >= 0.6 is 0 Å². The number of carbonyl (C=O) groups is 1. The van der Waals surface area contributed by atoms with Gasteiger partial charge in [-0.25, -0.2) is 9.18 Å². The Morgan fingerprint density at radius 1 is 1.45 bits per heavy atom. The topological polar surface area (TPSA) is 70.9 Å². The number of alkyl halides is 1. The average molecular weight is 282 g/mol. The van der Waals surface area contributed by atoms with Crippen LogP contribution in [0, 0.1) is 0 Å². The van der Waals surface area contributed by atoms with Gasteiger partial charge in [0.25, 0.3) is 0 Å². The molecule has 1 atom stereocenters. The molecule has 0 aromatic heterocycles. The Bertz CT molecular complexity index is 466. The number of rotatable bonds is 4. The second-order valence-corrected chi connectivity index (χ2v) is 5.26. The maximum atomic E-state index is 13.0. The van der Waals surface area contributed by atoms with Crippen LogP contribution in [0.25, 0.3) is 0 Å². The molecule has 0 aliphatic rings. The molecular weight excluding hydrogens is 263 g/mol. The maximum absolute atomic E-state index is 13.0. The average Bonchev–Trinajstić information content (AvgIpc) is 2.35. The molecule has 0 bridgehead atoms. The number of oxime groups is 1. The van der Waals surface area contributed by atoms with Gasteiger partial charge < -0.3 is 15.3 Å². The Balaban J connectivity index is 2.73. The van der Waals surface area contributed by atoms with Crippen LogP contribution in [0.3, 0.4) is 0 Å². The van der Waals surface area contributed by atoms with Crippen molar-refractivity contribution in [2.75, 3.05) is 6.67 Å². The molecule has 20 heavy (non-hydrogen) atoms. The molecule has 0 fully saturated rings. The lowest BCUT2D eigenvalue weighted by atomic mass is 10.1. The van der Waals surface area contributed by atoms with Crippen molar-refractivity contribution in [3.8, 4) is 0 Å². The van der Waals surface area contributed by atoms with E-state index in [1.165, 1.54) is 6.21 Å². The predicted molar refractivity (Wildman–Crippen MR) is 73.9 cm³/mol. The van der Waals surface area contributed by atoms with Crippen molar-refractivity contribution in [1.29, 1.82) is 0 Å². The van der Waals surface area contributed by atoms with Crippen LogP contribution in [0.15, 0.2) is 29.4 Å². The summed E-state index contributed by atoms with van der Waals surface area (Å²) in [5.41, 5.74) is 0.645. The van der Waals surface area contributed by atoms with E-state index in [-0.39, 0.29) is 0 Å². The molecule has 0 aliphatic heterocycles. The molecule has 0 saturated heterocycles. The molecule has 1 aromatic carbocycles. The van der Waals surface area contributed by atoms with E-state index in [2.05, 4.69) is 10.5 Å². The minimum Gasteiger partial charge on any atom is -0.444 e. The number of carbonyl (C=O) groups excluding carboxylic acids is 1. The highest BCUT2D eigenvalue weighted by molar-refractivity contribution is 5.79. The van der Waals surface area contributed by atoms with Gasteiger partial charge >= 0.3 is 6.09 Å². The van der Waals surface area contributed by atoms with Crippen molar-refractivity contribution in [3.63, 3.8) is 0 Å². The number of hydrogen-bond acceptors (Lipinski definition) is 4. The fourth-order valence-corrected chi connectivity index (χ4v) is 1.54. The van der Waals surface area contributed by atoms with Gasteiger partial charge in [-0.05, 0) is 31.9 Å². The molecule has 0 radical (unpaired) electrons. The molecule has 110 valence electrons. The van der Waals surface area contributed by atoms with E-state index in [9.17, 15) is 9.18 Å². The van der Waals surface area contributed by atoms with Crippen LogP contribution in [-0.2, 0) is 4.74 Å². The molecule has 0 spiro atoms. The van der Waals surface area contributed by atoms with Crippen LogP contribution in [0.1, 0.15) is 37.9 Å². The Hall–Kier alpha value is -2.11. The number of amides is 1. The van der Waals surface area contributed by atoms with Crippen molar-refractivity contribution in [2.45, 2.75) is 32.4 Å². The van der Waals surface area contributed by atoms with Gasteiger partial charge in [-0.15, -0.1) is 0 Å². The number of halogens is 1. The van der Waals surface area contributed by atoms with Gasteiger partial charge in [0.2, 0.25) is 0 Å². The lowest BCUT2D eigenvalue weighted by Crippen LogP contribution is -2.35. The third-order valence-electron chi connectivity index (χ3n) is 2.39. The van der Waals surface area contributed by atoms with Crippen molar-refractivity contribution < 1.29 is 19.1 Å². The molecule has 1 amide bonds. The van der Waals surface area contributed by atoms with E-state index in [1.807, 2.05) is 0 Å². The Labute approximate surface area is 117 Å². The molecular formula is C14H19FN2O3. The van der Waals surface area contributed by atoms with Crippen molar-refractivity contribution >= 4 is 12.3 Å². The monoisotopic (exact) mass is 282 g/mol. The van der Waals surface area contributed by atoms with Crippen LogP contribution in [0.4, 0.5) is 9.18 Å². The molecule has 6 heteroatoms. The number of nitrogens with zero attached hydrogens (tertiary/aromatic N) is 1. The maximum Gasteiger partial charge on any atom is 0.408 e. The van der Waals surface area contributed by atoms with Crippen molar-refractivity contribution in [2.24, 2.45) is 5.16 Å². The largest absolute Gasteiger partial charge is 0.444 e. The van der Waals surface area contributed by atoms with Gasteiger partial charge in [-0.3, -0.25) is 0 Å². The standard InChI is InChI=1S/C14H19FN2O3/c1-14(2,3)20-13(18)17-12(8-15)11-6-4-10(5-7-11)9-16-19/h4-7,9,12,19H,8H2,1-3H3,(H,17,18). The van der Waals surface area contributed by atoms with Crippen LogP contribution in [-0.4, -0.2) is 29.8 Å². The highest BCUT2D eigenvalue weighted by atomic mass is 19.1. The Morgan fingerprint density at radius 2 is 2.05 bits per heavy atom. The summed E-state index contributed by atoms with van der Waals surface area (Å²) in [5, 5.41) is 13.8. The SMILES string of the molecule is CC(C)(C)OC(=O)NC(CF)c1ccc(C=NO)cc1. The third kappa shape index (κ3) is 5.26. The first-order valence-corrected chi connectivity index (χ1v) is 6.18. The van der Waals surface area contributed by atoms with Crippen LogP contribution in [0.2, 0.25) is 0 Å². The zero-order valence-corrected chi connectivity index (χ0v) is 11.8. The summed E-state index contributed by atoms with van der Waals surface area (Å²) >= 11 is 0. The Morgan fingerprint density at radius 3 is 2.50 bits per heavy atom. The van der Waals surface area contributed by atoms with Gasteiger partial charge in [-0.1, -0.05) is 29.4 Å². The predicted octanol–water partition coefficient (Wildman–Crippen LogP) is 3.03. The fourth-order valence-electron chi connectivity index (χ4n) is 1.54. The van der Waals surface area contributed by atoms with Crippen molar-refractivity contribution in [3.05, 3.63) is 35.4 Å². The summed E-state index contributed by atoms with van der Waals surface area (Å²) in [6.45, 7) is 4.47. The molecule has 1 unspecified atom stereocenters. The number of nitrogens with one attached hydrogen (secondary N) is 1. The smallest absolute Gasteiger partial charge is 0.408 e. The molecule has 1 aromatic rings. The van der Waals surface area contributed by atoms with Crippen molar-refractivity contribution in [1.82, 2.24) is 5.32 Å². The van der Waals surface area contributed by atoms with Gasteiger partial charge in [0, 0.05) is 0 Å².